The third-order valence-electron chi connectivity index (χ3n) is 6.30. The summed E-state index contributed by atoms with van der Waals surface area (Å²) in [4.78, 5) is 6.80. The second-order valence-corrected chi connectivity index (χ2v) is 10.7. The number of hydrogen-bond donors (Lipinski definition) is 1. The zero-order valence-corrected chi connectivity index (χ0v) is 18.7. The summed E-state index contributed by atoms with van der Waals surface area (Å²) < 4.78 is 27.2. The molecule has 4 rings (SSSR count). The highest BCUT2D eigenvalue weighted by Crippen LogP contribution is 2.52. The maximum Gasteiger partial charge on any atom is 0.277 e. The Morgan fingerprint density at radius 3 is 2.66 bits per heavy atom. The van der Waals surface area contributed by atoms with E-state index in [1.165, 1.54) is 4.31 Å². The molecule has 1 spiro atoms. The van der Waals surface area contributed by atoms with Crippen molar-refractivity contribution >= 4 is 33.1 Å². The van der Waals surface area contributed by atoms with Crippen LogP contribution in [0.4, 0.5) is 5.82 Å². The average Bonchev–Trinajstić information content (AvgIpc) is 2.92. The third-order valence-corrected chi connectivity index (χ3v) is 7.70. The van der Waals surface area contributed by atoms with Crippen molar-refractivity contribution in [1.29, 1.82) is 0 Å². The fourth-order valence-electron chi connectivity index (χ4n) is 4.83. The molecule has 0 bridgehead atoms. The zero-order chi connectivity index (χ0) is 21.0. The van der Waals surface area contributed by atoms with Crippen LogP contribution in [0.2, 0.25) is 5.15 Å². The smallest absolute Gasteiger partial charge is 0.277 e. The van der Waals surface area contributed by atoms with E-state index in [1.54, 1.807) is 10.8 Å². The Bertz CT molecular complexity index is 1010. The summed E-state index contributed by atoms with van der Waals surface area (Å²) in [6.07, 6.45) is 5.02. The third kappa shape index (κ3) is 3.62. The Morgan fingerprint density at radius 2 is 2.07 bits per heavy atom. The number of nitrogens with zero attached hydrogens (tertiary/aromatic N) is 5. The van der Waals surface area contributed by atoms with Gasteiger partial charge in [-0.15, -0.1) is 0 Å². The summed E-state index contributed by atoms with van der Waals surface area (Å²) in [5.41, 5.74) is 2.25. The molecular weight excluding hydrogens is 412 g/mol. The van der Waals surface area contributed by atoms with Crippen molar-refractivity contribution in [3.05, 3.63) is 23.1 Å². The molecule has 0 radical (unpaired) electrons. The molecule has 8 nitrogen and oxygen atoms in total. The molecule has 2 aliphatic rings. The fourth-order valence-corrected chi connectivity index (χ4v) is 6.03. The molecule has 3 heterocycles. The number of rotatable bonds is 7. The van der Waals surface area contributed by atoms with E-state index < -0.39 is 10.2 Å². The fraction of sp³-hybridized carbons (Fsp3) is 0.684. The molecule has 1 aliphatic heterocycles. The van der Waals surface area contributed by atoms with Crippen LogP contribution in [0.1, 0.15) is 57.9 Å². The first kappa shape index (κ1) is 20.8. The van der Waals surface area contributed by atoms with Gasteiger partial charge in [0.05, 0.1) is 0 Å². The Morgan fingerprint density at radius 1 is 1.38 bits per heavy atom. The Kier molecular flexibility index (Phi) is 5.30. The predicted molar refractivity (Wildman–Crippen MR) is 114 cm³/mol. The van der Waals surface area contributed by atoms with Crippen molar-refractivity contribution in [2.75, 3.05) is 24.5 Å². The maximum absolute atomic E-state index is 12.0. The molecule has 1 saturated carbocycles. The van der Waals surface area contributed by atoms with Crippen LogP contribution < -0.4 is 10.0 Å². The minimum atomic E-state index is -3.66. The van der Waals surface area contributed by atoms with E-state index in [2.05, 4.69) is 35.8 Å². The number of aromatic nitrogens is 3. The van der Waals surface area contributed by atoms with Crippen LogP contribution >= 0.6 is 11.6 Å². The summed E-state index contributed by atoms with van der Waals surface area (Å²) in [6, 6.07) is 1.98. The van der Waals surface area contributed by atoms with Crippen molar-refractivity contribution < 1.29 is 8.42 Å². The SMILES string of the molecule is CCCCN(C1CC2(C1)CN(c1ncnn3c(Cl)cc(C(C)C)c13)C2)S(N)(=O)=O. The molecule has 0 amide bonds. The van der Waals surface area contributed by atoms with Crippen LogP contribution in [-0.2, 0) is 10.2 Å². The first-order valence-electron chi connectivity index (χ1n) is 10.2. The zero-order valence-electron chi connectivity index (χ0n) is 17.2. The van der Waals surface area contributed by atoms with Gasteiger partial charge in [0.25, 0.3) is 10.2 Å². The van der Waals surface area contributed by atoms with E-state index in [0.717, 1.165) is 55.7 Å². The van der Waals surface area contributed by atoms with E-state index in [0.29, 0.717) is 17.6 Å². The quantitative estimate of drug-likeness (QED) is 0.713. The second-order valence-electron chi connectivity index (χ2n) is 8.85. The van der Waals surface area contributed by atoms with Crippen LogP contribution in [0, 0.1) is 5.41 Å². The summed E-state index contributed by atoms with van der Waals surface area (Å²) in [5.74, 6) is 1.21. The number of fused-ring (bicyclic) bond motifs is 1. The molecule has 0 unspecified atom stereocenters. The monoisotopic (exact) mass is 440 g/mol. The molecule has 10 heteroatoms. The molecule has 1 saturated heterocycles. The van der Waals surface area contributed by atoms with E-state index >= 15 is 0 Å². The highest BCUT2D eigenvalue weighted by atomic mass is 35.5. The largest absolute Gasteiger partial charge is 0.354 e. The molecule has 2 N–H and O–H groups in total. The van der Waals surface area contributed by atoms with Gasteiger partial charge in [-0.2, -0.15) is 17.8 Å². The lowest BCUT2D eigenvalue weighted by atomic mass is 9.60. The Hall–Kier alpha value is -1.42. The highest BCUT2D eigenvalue weighted by Gasteiger charge is 2.55. The molecule has 2 aromatic rings. The molecule has 2 aromatic heterocycles. The highest BCUT2D eigenvalue weighted by molar-refractivity contribution is 7.86. The van der Waals surface area contributed by atoms with E-state index in [4.69, 9.17) is 16.7 Å². The number of anilines is 1. The first-order valence-corrected chi connectivity index (χ1v) is 12.1. The van der Waals surface area contributed by atoms with Crippen LogP contribution in [0.3, 0.4) is 0 Å². The molecule has 0 aromatic carbocycles. The molecule has 160 valence electrons. The summed E-state index contributed by atoms with van der Waals surface area (Å²) in [5, 5.41) is 10.4. The van der Waals surface area contributed by atoms with E-state index in [9.17, 15) is 8.42 Å². The van der Waals surface area contributed by atoms with Crippen molar-refractivity contribution in [2.24, 2.45) is 10.6 Å². The van der Waals surface area contributed by atoms with Crippen LogP contribution in [-0.4, -0.2) is 53.0 Å². The van der Waals surface area contributed by atoms with Crippen LogP contribution in [0.5, 0.6) is 0 Å². The number of halogens is 1. The lowest BCUT2D eigenvalue weighted by Gasteiger charge is -2.60. The number of hydrogen-bond acceptors (Lipinski definition) is 5. The van der Waals surface area contributed by atoms with Gasteiger partial charge in [-0.05, 0) is 36.8 Å². The van der Waals surface area contributed by atoms with Gasteiger partial charge in [0.2, 0.25) is 0 Å². The average molecular weight is 441 g/mol. The van der Waals surface area contributed by atoms with E-state index in [1.807, 2.05) is 6.07 Å². The minimum absolute atomic E-state index is 0.0121. The topological polar surface area (TPSA) is 96.8 Å². The Balaban J connectivity index is 1.49. The molecule has 2 fully saturated rings. The lowest BCUT2D eigenvalue weighted by molar-refractivity contribution is 0.0130. The minimum Gasteiger partial charge on any atom is -0.354 e. The summed E-state index contributed by atoms with van der Waals surface area (Å²) in [6.45, 7) is 8.55. The van der Waals surface area contributed by atoms with Gasteiger partial charge in [0.1, 0.15) is 17.0 Å². The molecule has 0 atom stereocenters. The van der Waals surface area contributed by atoms with Crippen LogP contribution in [0.25, 0.3) is 5.52 Å². The maximum atomic E-state index is 12.0. The molecule has 1 aliphatic carbocycles. The predicted octanol–water partition coefficient (Wildman–Crippen LogP) is 2.78. The van der Waals surface area contributed by atoms with Crippen molar-refractivity contribution in [3.8, 4) is 0 Å². The van der Waals surface area contributed by atoms with Gasteiger partial charge < -0.3 is 4.90 Å². The van der Waals surface area contributed by atoms with Crippen molar-refractivity contribution in [1.82, 2.24) is 18.9 Å². The number of nitrogens with two attached hydrogens (primary N) is 1. The second kappa shape index (κ2) is 7.37. The Labute approximate surface area is 177 Å². The van der Waals surface area contributed by atoms with Gasteiger partial charge in [0.15, 0.2) is 5.82 Å². The number of unbranched alkanes of at least 4 members (excludes halogenated alkanes) is 1. The summed E-state index contributed by atoms with van der Waals surface area (Å²) in [7, 11) is -3.66. The van der Waals surface area contributed by atoms with Crippen molar-refractivity contribution in [2.45, 2.75) is 58.4 Å². The van der Waals surface area contributed by atoms with Gasteiger partial charge in [0, 0.05) is 31.1 Å². The van der Waals surface area contributed by atoms with E-state index in [-0.39, 0.29) is 11.5 Å². The standard InChI is InChI=1S/C19H29ClN6O2S/c1-4-5-6-25(29(21,27)28)14-8-19(9-14)10-24(11-19)18-17-15(13(2)3)7-16(20)26(17)23-12-22-18/h7,12-14H,4-6,8-11H2,1-3H3,(H2,21,27,28). The lowest BCUT2D eigenvalue weighted by Crippen LogP contribution is -2.67. The van der Waals surface area contributed by atoms with Crippen molar-refractivity contribution in [3.63, 3.8) is 0 Å². The van der Waals surface area contributed by atoms with Gasteiger partial charge in [-0.3, -0.25) is 0 Å². The summed E-state index contributed by atoms with van der Waals surface area (Å²) >= 11 is 6.37. The van der Waals surface area contributed by atoms with Gasteiger partial charge in [-0.1, -0.05) is 38.8 Å². The molecule has 29 heavy (non-hydrogen) atoms. The first-order chi connectivity index (χ1) is 13.6. The normalized spacial score (nSPS) is 19.3. The molecular formula is C19H29ClN6O2S. The van der Waals surface area contributed by atoms with Gasteiger partial charge in [-0.25, -0.2) is 14.6 Å². The van der Waals surface area contributed by atoms with Crippen LogP contribution in [0.15, 0.2) is 12.4 Å². The van der Waals surface area contributed by atoms with Gasteiger partial charge >= 0.3 is 0 Å².